The second-order valence-electron chi connectivity index (χ2n) is 6.88. The molecule has 0 aliphatic carbocycles. The molecule has 1 aliphatic heterocycles. The van der Waals surface area contributed by atoms with Crippen molar-refractivity contribution in [3.8, 4) is 0 Å². The fourth-order valence-electron chi connectivity index (χ4n) is 3.30. The number of aryl methyl sites for hydroxylation is 2. The minimum atomic E-state index is 0.497. The fraction of sp³-hybridized carbons (Fsp3) is 0.400. The van der Waals surface area contributed by atoms with Crippen LogP contribution in [0.5, 0.6) is 0 Å². The highest BCUT2D eigenvalue weighted by atomic mass is 16.5. The minimum absolute atomic E-state index is 0.497. The summed E-state index contributed by atoms with van der Waals surface area (Å²) in [7, 11) is 4.08. The van der Waals surface area contributed by atoms with Gasteiger partial charge in [0.05, 0.1) is 37.3 Å². The number of rotatable bonds is 6. The van der Waals surface area contributed by atoms with Gasteiger partial charge in [0.2, 0.25) is 0 Å². The van der Waals surface area contributed by atoms with Crippen molar-refractivity contribution in [1.29, 1.82) is 0 Å². The summed E-state index contributed by atoms with van der Waals surface area (Å²) >= 11 is 0. The summed E-state index contributed by atoms with van der Waals surface area (Å²) in [6.07, 6.45) is 4.64. The van der Waals surface area contributed by atoms with Gasteiger partial charge in [0.1, 0.15) is 11.3 Å². The Morgan fingerprint density at radius 3 is 2.85 bits per heavy atom. The number of aromatic nitrogens is 3. The Morgan fingerprint density at radius 1 is 1.27 bits per heavy atom. The van der Waals surface area contributed by atoms with Gasteiger partial charge in [-0.15, -0.1) is 0 Å². The standard InChI is InChI=1S/C20H25N5O/c1-4-15-7-14(9-21-16-11-26-12-16)5-6-18(15)25(3)20-8-19-17(10-22-20)23-13-24(19)2/h5-8,10,13,16,21H,4,9,11-12H2,1-3H3. The van der Waals surface area contributed by atoms with Gasteiger partial charge in [0.25, 0.3) is 0 Å². The molecule has 0 atom stereocenters. The van der Waals surface area contributed by atoms with Gasteiger partial charge in [-0.3, -0.25) is 0 Å². The molecule has 3 heterocycles. The number of nitrogens with one attached hydrogen (secondary N) is 1. The quantitative estimate of drug-likeness (QED) is 0.740. The van der Waals surface area contributed by atoms with Crippen LogP contribution in [0.1, 0.15) is 18.1 Å². The molecule has 26 heavy (non-hydrogen) atoms. The van der Waals surface area contributed by atoms with Crippen molar-refractivity contribution >= 4 is 22.5 Å². The van der Waals surface area contributed by atoms with Crippen LogP contribution in [0.2, 0.25) is 0 Å². The van der Waals surface area contributed by atoms with E-state index in [0.717, 1.165) is 43.0 Å². The summed E-state index contributed by atoms with van der Waals surface area (Å²) in [5.41, 5.74) is 5.83. The van der Waals surface area contributed by atoms with E-state index in [0.29, 0.717) is 6.04 Å². The van der Waals surface area contributed by atoms with E-state index in [1.165, 1.54) is 16.8 Å². The van der Waals surface area contributed by atoms with Crippen molar-refractivity contribution in [3.63, 3.8) is 0 Å². The lowest BCUT2D eigenvalue weighted by Gasteiger charge is -2.27. The molecule has 6 nitrogen and oxygen atoms in total. The Hall–Kier alpha value is -2.44. The lowest BCUT2D eigenvalue weighted by Crippen LogP contribution is -2.45. The Kier molecular flexibility index (Phi) is 4.61. The zero-order chi connectivity index (χ0) is 18.1. The number of fused-ring (bicyclic) bond motifs is 1. The van der Waals surface area contributed by atoms with E-state index in [9.17, 15) is 0 Å². The maximum absolute atomic E-state index is 5.22. The van der Waals surface area contributed by atoms with E-state index < -0.39 is 0 Å². The molecule has 1 N–H and O–H groups in total. The number of nitrogens with zero attached hydrogens (tertiary/aromatic N) is 4. The first-order valence-electron chi connectivity index (χ1n) is 9.09. The lowest BCUT2D eigenvalue weighted by atomic mass is 10.0. The third-order valence-electron chi connectivity index (χ3n) is 5.06. The van der Waals surface area contributed by atoms with Crippen LogP contribution in [-0.2, 0) is 24.8 Å². The van der Waals surface area contributed by atoms with Crippen molar-refractivity contribution in [1.82, 2.24) is 19.9 Å². The van der Waals surface area contributed by atoms with Crippen molar-refractivity contribution in [2.24, 2.45) is 7.05 Å². The van der Waals surface area contributed by atoms with E-state index in [-0.39, 0.29) is 0 Å². The first-order valence-corrected chi connectivity index (χ1v) is 9.09. The predicted molar refractivity (Wildman–Crippen MR) is 104 cm³/mol. The van der Waals surface area contributed by atoms with Crippen LogP contribution in [-0.4, -0.2) is 40.8 Å². The molecule has 0 amide bonds. The van der Waals surface area contributed by atoms with Crippen LogP contribution >= 0.6 is 0 Å². The smallest absolute Gasteiger partial charge is 0.134 e. The van der Waals surface area contributed by atoms with Crippen molar-refractivity contribution in [2.75, 3.05) is 25.2 Å². The van der Waals surface area contributed by atoms with Gasteiger partial charge in [0, 0.05) is 32.4 Å². The molecule has 1 saturated heterocycles. The summed E-state index contributed by atoms with van der Waals surface area (Å²) in [5, 5.41) is 3.53. The van der Waals surface area contributed by atoms with Gasteiger partial charge < -0.3 is 19.5 Å². The lowest BCUT2D eigenvalue weighted by molar-refractivity contribution is -0.00578. The van der Waals surface area contributed by atoms with Crippen molar-refractivity contribution < 1.29 is 4.74 Å². The predicted octanol–water partition coefficient (Wildman–Crippen LogP) is 2.79. The molecule has 136 valence electrons. The average molecular weight is 351 g/mol. The molecule has 0 saturated carbocycles. The third-order valence-corrected chi connectivity index (χ3v) is 5.06. The molecule has 4 rings (SSSR count). The zero-order valence-electron chi connectivity index (χ0n) is 15.6. The topological polar surface area (TPSA) is 55.2 Å². The van der Waals surface area contributed by atoms with Gasteiger partial charge in [-0.25, -0.2) is 9.97 Å². The van der Waals surface area contributed by atoms with Crippen LogP contribution in [0.4, 0.5) is 11.5 Å². The van der Waals surface area contributed by atoms with Crippen LogP contribution in [0.3, 0.4) is 0 Å². The Balaban J connectivity index is 1.58. The van der Waals surface area contributed by atoms with Crippen LogP contribution in [0.15, 0.2) is 36.8 Å². The normalized spacial score (nSPS) is 14.6. The number of anilines is 2. The molecular formula is C20H25N5O. The van der Waals surface area contributed by atoms with Crippen molar-refractivity contribution in [3.05, 3.63) is 47.9 Å². The number of imidazole rings is 1. The molecule has 1 fully saturated rings. The monoisotopic (exact) mass is 351 g/mol. The highest BCUT2D eigenvalue weighted by molar-refractivity contribution is 5.79. The number of benzene rings is 1. The second-order valence-corrected chi connectivity index (χ2v) is 6.88. The zero-order valence-corrected chi connectivity index (χ0v) is 15.6. The summed E-state index contributed by atoms with van der Waals surface area (Å²) in [5.74, 6) is 0.924. The van der Waals surface area contributed by atoms with Gasteiger partial charge in [0.15, 0.2) is 0 Å². The molecule has 2 aromatic heterocycles. The Morgan fingerprint density at radius 2 is 2.12 bits per heavy atom. The van der Waals surface area contributed by atoms with Gasteiger partial charge >= 0.3 is 0 Å². The first-order chi connectivity index (χ1) is 12.7. The number of pyridine rings is 1. The summed E-state index contributed by atoms with van der Waals surface area (Å²) in [6.45, 7) is 4.72. The molecule has 1 aromatic carbocycles. The molecule has 3 aromatic rings. The Labute approximate surface area is 153 Å². The maximum atomic E-state index is 5.22. The number of hydrogen-bond donors (Lipinski definition) is 1. The summed E-state index contributed by atoms with van der Waals surface area (Å²) in [4.78, 5) is 11.1. The van der Waals surface area contributed by atoms with Gasteiger partial charge in [-0.1, -0.05) is 19.1 Å². The fourth-order valence-corrected chi connectivity index (χ4v) is 3.30. The first kappa shape index (κ1) is 17.0. The van der Waals surface area contributed by atoms with Crippen LogP contribution in [0, 0.1) is 0 Å². The average Bonchev–Trinajstić information content (AvgIpc) is 3.00. The number of hydrogen-bond acceptors (Lipinski definition) is 5. The highest BCUT2D eigenvalue weighted by Crippen LogP contribution is 2.28. The molecule has 0 bridgehead atoms. The minimum Gasteiger partial charge on any atom is -0.378 e. The molecule has 0 unspecified atom stereocenters. The van der Waals surface area contributed by atoms with E-state index in [1.54, 1.807) is 0 Å². The molecule has 0 radical (unpaired) electrons. The Bertz CT molecular complexity index is 916. The molecule has 1 aliphatic rings. The molecule has 0 spiro atoms. The summed E-state index contributed by atoms with van der Waals surface area (Å²) < 4.78 is 7.24. The van der Waals surface area contributed by atoms with Gasteiger partial charge in [-0.05, 0) is 23.6 Å². The van der Waals surface area contributed by atoms with E-state index >= 15 is 0 Å². The SMILES string of the molecule is CCc1cc(CNC2COC2)ccc1N(C)c1cc2c(cn1)ncn2C. The maximum Gasteiger partial charge on any atom is 0.134 e. The van der Waals surface area contributed by atoms with Gasteiger partial charge in [-0.2, -0.15) is 0 Å². The second kappa shape index (κ2) is 7.05. The van der Waals surface area contributed by atoms with E-state index in [1.807, 2.05) is 24.1 Å². The van der Waals surface area contributed by atoms with E-state index in [2.05, 4.69) is 58.4 Å². The van der Waals surface area contributed by atoms with Crippen LogP contribution < -0.4 is 10.2 Å². The largest absolute Gasteiger partial charge is 0.378 e. The number of ether oxygens (including phenoxy) is 1. The highest BCUT2D eigenvalue weighted by Gasteiger charge is 2.17. The summed E-state index contributed by atoms with van der Waals surface area (Å²) in [6, 6.07) is 9.27. The molecule has 6 heteroatoms. The van der Waals surface area contributed by atoms with Crippen LogP contribution in [0.25, 0.3) is 11.0 Å². The molecular weight excluding hydrogens is 326 g/mol. The third kappa shape index (κ3) is 3.18. The van der Waals surface area contributed by atoms with Crippen molar-refractivity contribution in [2.45, 2.75) is 25.9 Å². The van der Waals surface area contributed by atoms with E-state index in [4.69, 9.17) is 4.74 Å².